The van der Waals surface area contributed by atoms with Crippen molar-refractivity contribution in [2.75, 3.05) is 31.5 Å². The van der Waals surface area contributed by atoms with Gasteiger partial charge in [0.1, 0.15) is 5.82 Å². The molecule has 2 heterocycles. The summed E-state index contributed by atoms with van der Waals surface area (Å²) in [5, 5.41) is 2.69. The van der Waals surface area contributed by atoms with Gasteiger partial charge in [-0.2, -0.15) is 0 Å². The summed E-state index contributed by atoms with van der Waals surface area (Å²) in [5.41, 5.74) is 3.02. The fraction of sp³-hybridized carbons (Fsp3) is 0.458. The van der Waals surface area contributed by atoms with E-state index in [-0.39, 0.29) is 11.7 Å². The highest BCUT2D eigenvalue weighted by molar-refractivity contribution is 5.89. The Morgan fingerprint density at radius 2 is 1.59 bits per heavy atom. The summed E-state index contributed by atoms with van der Waals surface area (Å²) >= 11 is 0. The summed E-state index contributed by atoms with van der Waals surface area (Å²) in [6.45, 7) is 4.96. The van der Waals surface area contributed by atoms with Crippen LogP contribution in [0.1, 0.15) is 36.8 Å². The van der Waals surface area contributed by atoms with Gasteiger partial charge in [0.25, 0.3) is 0 Å². The highest BCUT2D eigenvalue weighted by atomic mass is 19.1. The molecular weight excluding hydrogens is 365 g/mol. The van der Waals surface area contributed by atoms with Gasteiger partial charge in [0.05, 0.1) is 5.69 Å². The maximum atomic E-state index is 13.7. The number of carbonyl (C=O) groups is 1. The van der Waals surface area contributed by atoms with Crippen molar-refractivity contribution in [3.63, 3.8) is 0 Å². The molecule has 0 aliphatic carbocycles. The second-order valence-electron chi connectivity index (χ2n) is 8.34. The molecule has 1 N–H and O–H groups in total. The van der Waals surface area contributed by atoms with Crippen molar-refractivity contribution in [2.24, 2.45) is 5.92 Å². The highest BCUT2D eigenvalue weighted by Gasteiger charge is 2.23. The predicted molar refractivity (Wildman–Crippen MR) is 114 cm³/mol. The summed E-state index contributed by atoms with van der Waals surface area (Å²) in [6.07, 6.45) is 5.69. The Kier molecular flexibility index (Phi) is 6.45. The van der Waals surface area contributed by atoms with Crippen LogP contribution in [0.5, 0.6) is 0 Å². The minimum Gasteiger partial charge on any atom is -0.325 e. The lowest BCUT2D eigenvalue weighted by Crippen LogP contribution is -2.41. The number of nitrogens with one attached hydrogen (secondary N) is 1. The Hall–Kier alpha value is -2.40. The van der Waals surface area contributed by atoms with Gasteiger partial charge in [-0.1, -0.05) is 36.4 Å². The van der Waals surface area contributed by atoms with E-state index in [2.05, 4.69) is 34.5 Å². The second-order valence-corrected chi connectivity index (χ2v) is 8.34. The number of rotatable bonds is 5. The molecule has 2 aromatic rings. The van der Waals surface area contributed by atoms with Crippen LogP contribution >= 0.6 is 0 Å². The fourth-order valence-corrected chi connectivity index (χ4v) is 4.41. The number of likely N-dealkylation sites (tertiary alicyclic amines) is 2. The molecule has 0 bridgehead atoms. The van der Waals surface area contributed by atoms with Crippen LogP contribution in [0.2, 0.25) is 0 Å². The number of piperidine rings is 1. The molecule has 0 atom stereocenters. The zero-order valence-electron chi connectivity index (χ0n) is 16.9. The molecule has 2 amide bonds. The minimum absolute atomic E-state index is 0.209. The van der Waals surface area contributed by atoms with Gasteiger partial charge in [-0.15, -0.1) is 0 Å². The van der Waals surface area contributed by atoms with Crippen LogP contribution < -0.4 is 5.32 Å². The van der Waals surface area contributed by atoms with Crippen LogP contribution in [0, 0.1) is 11.7 Å². The van der Waals surface area contributed by atoms with E-state index >= 15 is 0 Å². The van der Waals surface area contributed by atoms with Crippen molar-refractivity contribution < 1.29 is 9.18 Å². The van der Waals surface area contributed by atoms with Gasteiger partial charge in [0.15, 0.2) is 0 Å². The maximum Gasteiger partial charge on any atom is 0.321 e. The Bertz CT molecular complexity index is 809. The summed E-state index contributed by atoms with van der Waals surface area (Å²) in [6, 6.07) is 15.2. The van der Waals surface area contributed by atoms with E-state index in [0.29, 0.717) is 5.92 Å². The van der Waals surface area contributed by atoms with E-state index in [4.69, 9.17) is 0 Å². The first-order valence-corrected chi connectivity index (χ1v) is 10.8. The Balaban J connectivity index is 1.23. The topological polar surface area (TPSA) is 35.6 Å². The molecule has 2 aliphatic heterocycles. The summed E-state index contributed by atoms with van der Waals surface area (Å²) in [7, 11) is 0. The number of nitrogens with zero attached hydrogens (tertiary/aromatic N) is 2. The van der Waals surface area contributed by atoms with Gasteiger partial charge in [0.2, 0.25) is 0 Å². The summed E-state index contributed by atoms with van der Waals surface area (Å²) in [4.78, 5) is 16.7. The summed E-state index contributed by atoms with van der Waals surface area (Å²) < 4.78 is 13.7. The third kappa shape index (κ3) is 5.36. The normalized spacial score (nSPS) is 18.2. The molecule has 0 aromatic heterocycles. The number of benzene rings is 2. The van der Waals surface area contributed by atoms with E-state index in [1.807, 2.05) is 0 Å². The number of anilines is 1. The molecule has 0 saturated carbocycles. The van der Waals surface area contributed by atoms with Gasteiger partial charge < -0.3 is 10.2 Å². The van der Waals surface area contributed by atoms with Crippen LogP contribution in [-0.4, -0.2) is 42.0 Å². The van der Waals surface area contributed by atoms with Crippen molar-refractivity contribution in [3.8, 4) is 0 Å². The SMILES string of the molecule is O=C(Nc1ccccc1F)N1CCC(Cc2ccc(CN3CCCC3)cc2)CC1. The Morgan fingerprint density at radius 1 is 0.931 bits per heavy atom. The average Bonchev–Trinajstić information content (AvgIpc) is 3.25. The maximum absolute atomic E-state index is 13.7. The molecule has 29 heavy (non-hydrogen) atoms. The number of hydrogen-bond donors (Lipinski definition) is 1. The quantitative estimate of drug-likeness (QED) is 0.781. The molecule has 4 rings (SSSR count). The lowest BCUT2D eigenvalue weighted by atomic mass is 9.90. The molecule has 154 valence electrons. The molecule has 5 heteroatoms. The summed E-state index contributed by atoms with van der Waals surface area (Å²) in [5.74, 6) is 0.195. The highest BCUT2D eigenvalue weighted by Crippen LogP contribution is 2.23. The molecule has 2 aliphatic rings. The van der Waals surface area contributed by atoms with E-state index < -0.39 is 5.82 Å². The predicted octanol–water partition coefficient (Wildman–Crippen LogP) is 4.91. The number of amides is 2. The van der Waals surface area contributed by atoms with Gasteiger partial charge in [0, 0.05) is 19.6 Å². The van der Waals surface area contributed by atoms with Crippen LogP contribution in [0.15, 0.2) is 48.5 Å². The number of urea groups is 1. The molecule has 2 aromatic carbocycles. The van der Waals surface area contributed by atoms with Crippen LogP contribution in [0.3, 0.4) is 0 Å². The smallest absolute Gasteiger partial charge is 0.321 e. The van der Waals surface area contributed by atoms with Crippen molar-refractivity contribution in [2.45, 2.75) is 38.6 Å². The van der Waals surface area contributed by atoms with Gasteiger partial charge >= 0.3 is 6.03 Å². The van der Waals surface area contributed by atoms with E-state index in [1.54, 1.807) is 23.1 Å². The van der Waals surface area contributed by atoms with Gasteiger partial charge in [-0.3, -0.25) is 4.90 Å². The minimum atomic E-state index is -0.399. The largest absolute Gasteiger partial charge is 0.325 e. The zero-order chi connectivity index (χ0) is 20.1. The monoisotopic (exact) mass is 395 g/mol. The lowest BCUT2D eigenvalue weighted by molar-refractivity contribution is 0.182. The standard InChI is InChI=1S/C24H30FN3O/c25-22-5-1-2-6-23(22)26-24(29)28-15-11-20(12-16-28)17-19-7-9-21(10-8-19)18-27-13-3-4-14-27/h1-2,5-10,20H,3-4,11-18H2,(H,26,29). The van der Waals surface area contributed by atoms with Crippen molar-refractivity contribution in [3.05, 3.63) is 65.5 Å². The van der Waals surface area contributed by atoms with E-state index in [0.717, 1.165) is 38.9 Å². The molecule has 4 nitrogen and oxygen atoms in total. The number of halogens is 1. The van der Waals surface area contributed by atoms with E-state index in [1.165, 1.54) is 43.1 Å². The third-order valence-electron chi connectivity index (χ3n) is 6.17. The molecule has 0 radical (unpaired) electrons. The Labute approximate surface area is 172 Å². The first-order chi connectivity index (χ1) is 14.2. The fourth-order valence-electron chi connectivity index (χ4n) is 4.41. The molecule has 2 saturated heterocycles. The van der Waals surface area contributed by atoms with Crippen LogP contribution in [0.25, 0.3) is 0 Å². The number of carbonyl (C=O) groups excluding carboxylic acids is 1. The van der Waals surface area contributed by atoms with Crippen molar-refractivity contribution in [1.29, 1.82) is 0 Å². The second kappa shape index (κ2) is 9.40. The van der Waals surface area contributed by atoms with E-state index in [9.17, 15) is 9.18 Å². The molecule has 0 spiro atoms. The van der Waals surface area contributed by atoms with Gasteiger partial charge in [-0.25, -0.2) is 9.18 Å². The first-order valence-electron chi connectivity index (χ1n) is 10.8. The van der Waals surface area contributed by atoms with Crippen molar-refractivity contribution in [1.82, 2.24) is 9.80 Å². The molecule has 2 fully saturated rings. The van der Waals surface area contributed by atoms with Crippen molar-refractivity contribution >= 4 is 11.7 Å². The average molecular weight is 396 g/mol. The Morgan fingerprint density at radius 3 is 2.28 bits per heavy atom. The zero-order valence-corrected chi connectivity index (χ0v) is 16.9. The first kappa shape index (κ1) is 19.9. The third-order valence-corrected chi connectivity index (χ3v) is 6.17. The van der Waals surface area contributed by atoms with Crippen LogP contribution in [-0.2, 0) is 13.0 Å². The van der Waals surface area contributed by atoms with Crippen LogP contribution in [0.4, 0.5) is 14.9 Å². The van der Waals surface area contributed by atoms with Gasteiger partial charge in [-0.05, 0) is 74.4 Å². The molecular formula is C24H30FN3O. The number of hydrogen-bond acceptors (Lipinski definition) is 2. The molecule has 0 unspecified atom stereocenters. The number of para-hydroxylation sites is 1. The lowest BCUT2D eigenvalue weighted by Gasteiger charge is -2.32.